The number of hydrogen-bond donors (Lipinski definition) is 2. The van der Waals surface area contributed by atoms with E-state index in [-0.39, 0.29) is 12.6 Å². The van der Waals surface area contributed by atoms with E-state index in [9.17, 15) is 5.11 Å². The highest BCUT2D eigenvalue weighted by Crippen LogP contribution is 2.15. The van der Waals surface area contributed by atoms with Crippen LogP contribution in [0.1, 0.15) is 26.2 Å². The van der Waals surface area contributed by atoms with Crippen molar-refractivity contribution in [3.05, 3.63) is 0 Å². The van der Waals surface area contributed by atoms with E-state index in [1.54, 1.807) is 0 Å². The van der Waals surface area contributed by atoms with Gasteiger partial charge in [-0.1, -0.05) is 6.92 Å². The normalized spacial score (nSPS) is 23.5. The molecule has 17 heavy (non-hydrogen) atoms. The topological polar surface area (TPSA) is 38.7 Å². The van der Waals surface area contributed by atoms with Gasteiger partial charge in [0.2, 0.25) is 0 Å². The van der Waals surface area contributed by atoms with Gasteiger partial charge in [-0.3, -0.25) is 0 Å². The first-order chi connectivity index (χ1) is 8.17. The van der Waals surface area contributed by atoms with Crippen molar-refractivity contribution in [2.24, 2.45) is 0 Å². The molecule has 102 valence electrons. The number of hydrogen-bond acceptors (Lipinski definition) is 4. The van der Waals surface area contributed by atoms with Gasteiger partial charge in [0.1, 0.15) is 0 Å². The minimum atomic E-state index is 0.214. The Bertz CT molecular complexity index is 201. The quantitative estimate of drug-likeness (QED) is 0.646. The summed E-state index contributed by atoms with van der Waals surface area (Å²) in [6.07, 6.45) is 3.76. The maximum Gasteiger partial charge on any atom is 0.0597 e. The largest absolute Gasteiger partial charge is 0.395 e. The summed E-state index contributed by atoms with van der Waals surface area (Å²) in [4.78, 5) is 4.79. The Kier molecular flexibility index (Phi) is 7.04. The fraction of sp³-hybridized carbons (Fsp3) is 1.00. The zero-order valence-electron chi connectivity index (χ0n) is 11.7. The smallest absolute Gasteiger partial charge is 0.0597 e. The van der Waals surface area contributed by atoms with Crippen LogP contribution in [0.15, 0.2) is 0 Å². The van der Waals surface area contributed by atoms with Gasteiger partial charge in [0, 0.05) is 25.2 Å². The lowest BCUT2D eigenvalue weighted by Gasteiger charge is -2.28. The van der Waals surface area contributed by atoms with E-state index in [0.29, 0.717) is 6.04 Å². The Labute approximate surface area is 106 Å². The van der Waals surface area contributed by atoms with E-state index in [4.69, 9.17) is 0 Å². The van der Waals surface area contributed by atoms with Crippen LogP contribution in [0.5, 0.6) is 0 Å². The van der Waals surface area contributed by atoms with Crippen LogP contribution in [0, 0.1) is 0 Å². The second-order valence-electron chi connectivity index (χ2n) is 5.33. The first-order valence-electron chi connectivity index (χ1n) is 6.90. The molecule has 0 spiro atoms. The van der Waals surface area contributed by atoms with Crippen molar-refractivity contribution in [3.63, 3.8) is 0 Å². The number of aliphatic hydroxyl groups excluding tert-OH is 1. The highest BCUT2D eigenvalue weighted by atomic mass is 16.3. The third kappa shape index (κ3) is 5.34. The molecule has 1 rings (SSSR count). The van der Waals surface area contributed by atoms with Gasteiger partial charge in [0.15, 0.2) is 0 Å². The predicted molar refractivity (Wildman–Crippen MR) is 72.3 cm³/mol. The molecule has 1 heterocycles. The molecule has 1 saturated heterocycles. The minimum Gasteiger partial charge on any atom is -0.395 e. The lowest BCUT2D eigenvalue weighted by molar-refractivity contribution is 0.172. The SMILES string of the molecule is CCCNC(CO)CN(C)CC1CCCN1C. The summed E-state index contributed by atoms with van der Waals surface area (Å²) in [6.45, 7) is 6.64. The zero-order valence-corrected chi connectivity index (χ0v) is 11.7. The fourth-order valence-electron chi connectivity index (χ4n) is 2.56. The lowest BCUT2D eigenvalue weighted by Crippen LogP contribution is -2.45. The molecule has 0 saturated carbocycles. The summed E-state index contributed by atoms with van der Waals surface area (Å²) in [5, 5.41) is 12.7. The van der Waals surface area contributed by atoms with Gasteiger partial charge in [-0.05, 0) is 46.4 Å². The average Bonchev–Trinajstić information content (AvgIpc) is 2.70. The van der Waals surface area contributed by atoms with E-state index < -0.39 is 0 Å². The van der Waals surface area contributed by atoms with Crippen LogP contribution >= 0.6 is 0 Å². The van der Waals surface area contributed by atoms with Gasteiger partial charge >= 0.3 is 0 Å². The number of nitrogens with zero attached hydrogens (tertiary/aromatic N) is 2. The molecule has 0 radical (unpaired) electrons. The van der Waals surface area contributed by atoms with Gasteiger partial charge in [-0.15, -0.1) is 0 Å². The van der Waals surface area contributed by atoms with Crippen molar-refractivity contribution in [1.29, 1.82) is 0 Å². The molecule has 2 unspecified atom stereocenters. The summed E-state index contributed by atoms with van der Waals surface area (Å²) in [6, 6.07) is 0.914. The first-order valence-corrected chi connectivity index (χ1v) is 6.90. The van der Waals surface area contributed by atoms with Gasteiger partial charge in [-0.2, -0.15) is 0 Å². The molecule has 0 bridgehead atoms. The minimum absolute atomic E-state index is 0.214. The molecular formula is C13H29N3O. The molecule has 2 atom stereocenters. The monoisotopic (exact) mass is 243 g/mol. The summed E-state index contributed by atoms with van der Waals surface area (Å²) in [5.74, 6) is 0. The molecule has 0 aliphatic carbocycles. The Morgan fingerprint density at radius 3 is 2.82 bits per heavy atom. The van der Waals surface area contributed by atoms with Crippen LogP contribution in [0.4, 0.5) is 0 Å². The van der Waals surface area contributed by atoms with Crippen molar-refractivity contribution < 1.29 is 5.11 Å². The van der Waals surface area contributed by atoms with Crippen LogP contribution < -0.4 is 5.32 Å². The Morgan fingerprint density at radius 1 is 1.53 bits per heavy atom. The van der Waals surface area contributed by atoms with Crippen LogP contribution in [0.3, 0.4) is 0 Å². The highest BCUT2D eigenvalue weighted by molar-refractivity contribution is 4.80. The third-order valence-corrected chi connectivity index (χ3v) is 3.63. The lowest BCUT2D eigenvalue weighted by atomic mass is 10.2. The summed E-state index contributed by atoms with van der Waals surface area (Å²) < 4.78 is 0. The Balaban J connectivity index is 2.24. The van der Waals surface area contributed by atoms with Crippen LogP contribution in [0.2, 0.25) is 0 Å². The van der Waals surface area contributed by atoms with Gasteiger partial charge < -0.3 is 20.2 Å². The van der Waals surface area contributed by atoms with E-state index in [1.165, 1.54) is 19.4 Å². The van der Waals surface area contributed by atoms with E-state index in [0.717, 1.165) is 26.1 Å². The highest BCUT2D eigenvalue weighted by Gasteiger charge is 2.22. The van der Waals surface area contributed by atoms with Crippen molar-refractivity contribution in [2.75, 3.05) is 46.9 Å². The molecule has 0 aromatic carbocycles. The molecule has 0 amide bonds. The fourth-order valence-corrected chi connectivity index (χ4v) is 2.56. The number of aliphatic hydroxyl groups is 1. The third-order valence-electron chi connectivity index (χ3n) is 3.63. The molecule has 0 aromatic heterocycles. The van der Waals surface area contributed by atoms with Gasteiger partial charge in [0.05, 0.1) is 6.61 Å². The average molecular weight is 243 g/mol. The van der Waals surface area contributed by atoms with Crippen molar-refractivity contribution in [2.45, 2.75) is 38.3 Å². The Morgan fingerprint density at radius 2 is 2.29 bits per heavy atom. The number of likely N-dealkylation sites (tertiary alicyclic amines) is 1. The number of likely N-dealkylation sites (N-methyl/N-ethyl adjacent to an activating group) is 2. The van der Waals surface area contributed by atoms with Crippen LogP contribution in [-0.2, 0) is 0 Å². The van der Waals surface area contributed by atoms with Crippen molar-refractivity contribution in [3.8, 4) is 0 Å². The number of nitrogens with one attached hydrogen (secondary N) is 1. The predicted octanol–water partition coefficient (Wildman–Crippen LogP) is 0.373. The zero-order chi connectivity index (χ0) is 12.7. The van der Waals surface area contributed by atoms with Crippen LogP contribution in [0.25, 0.3) is 0 Å². The van der Waals surface area contributed by atoms with Gasteiger partial charge in [0.25, 0.3) is 0 Å². The second-order valence-corrected chi connectivity index (χ2v) is 5.33. The van der Waals surface area contributed by atoms with E-state index in [2.05, 4.69) is 36.1 Å². The molecule has 4 heteroatoms. The summed E-state index contributed by atoms with van der Waals surface area (Å²) in [7, 11) is 4.37. The van der Waals surface area contributed by atoms with Crippen molar-refractivity contribution in [1.82, 2.24) is 15.1 Å². The maximum atomic E-state index is 9.31. The van der Waals surface area contributed by atoms with E-state index in [1.807, 2.05) is 0 Å². The standard InChI is InChI=1S/C13H29N3O/c1-4-7-14-12(11-17)9-15(2)10-13-6-5-8-16(13)3/h12-14,17H,4-11H2,1-3H3. The van der Waals surface area contributed by atoms with E-state index >= 15 is 0 Å². The summed E-state index contributed by atoms with van der Waals surface area (Å²) >= 11 is 0. The molecule has 2 N–H and O–H groups in total. The molecule has 1 fully saturated rings. The van der Waals surface area contributed by atoms with Gasteiger partial charge in [-0.25, -0.2) is 0 Å². The molecular weight excluding hydrogens is 214 g/mol. The molecule has 1 aliphatic heterocycles. The molecule has 0 aromatic rings. The first kappa shape index (κ1) is 14.9. The van der Waals surface area contributed by atoms with Crippen molar-refractivity contribution >= 4 is 0 Å². The maximum absolute atomic E-state index is 9.31. The van der Waals surface area contributed by atoms with Crippen LogP contribution in [-0.4, -0.2) is 73.9 Å². The second kappa shape index (κ2) is 8.03. The summed E-state index contributed by atoms with van der Waals surface area (Å²) in [5.41, 5.74) is 0. The molecule has 4 nitrogen and oxygen atoms in total. The Hall–Kier alpha value is -0.160. The number of rotatable bonds is 8. The molecule has 1 aliphatic rings.